The van der Waals surface area contributed by atoms with E-state index in [4.69, 9.17) is 5.73 Å². The lowest BCUT2D eigenvalue weighted by atomic mass is 10.0. The zero-order valence-corrected chi connectivity index (χ0v) is 22.3. The van der Waals surface area contributed by atoms with Crippen LogP contribution in [0.4, 0.5) is 0 Å². The van der Waals surface area contributed by atoms with E-state index in [1.165, 1.54) is 35.7 Å². The van der Waals surface area contributed by atoms with Crippen LogP contribution in [-0.2, 0) is 25.6 Å². The molecule has 4 atom stereocenters. The first-order valence-corrected chi connectivity index (χ1v) is 14.3. The maximum absolute atomic E-state index is 13.0. The Morgan fingerprint density at radius 3 is 1.77 bits per heavy atom. The minimum Gasteiger partial charge on any atom is -0.508 e. The summed E-state index contributed by atoms with van der Waals surface area (Å²) in [7, 11) is 0. The summed E-state index contributed by atoms with van der Waals surface area (Å²) in [4.78, 5) is 50.0. The standard InChI is InChI=1S/C22H34N4O6S3/c1-34-9-7-16(24-19(28)15(23)12-33)20(29)25-17(8-10-35-2)21(30)26-18(22(31)32)11-13-3-5-14(27)6-4-13/h3-6,15-18,27,33H,7-12,23H2,1-2H3,(H,24,28)(H,25,29)(H,26,30)(H,31,32). The molecule has 3 amide bonds. The number of phenolic OH excluding ortho intramolecular Hbond substituents is 1. The molecule has 0 heterocycles. The Kier molecular flexibility index (Phi) is 14.6. The van der Waals surface area contributed by atoms with E-state index in [0.717, 1.165) is 0 Å². The number of phenols is 1. The molecule has 13 heteroatoms. The molecule has 0 radical (unpaired) electrons. The lowest BCUT2D eigenvalue weighted by Gasteiger charge is -2.25. The van der Waals surface area contributed by atoms with Gasteiger partial charge in [-0.15, -0.1) is 0 Å². The number of nitrogens with one attached hydrogen (secondary N) is 3. The second-order valence-corrected chi connectivity index (χ2v) is 10.1. The van der Waals surface area contributed by atoms with Gasteiger partial charge in [0.15, 0.2) is 0 Å². The smallest absolute Gasteiger partial charge is 0.326 e. The second-order valence-electron chi connectivity index (χ2n) is 7.74. The summed E-state index contributed by atoms with van der Waals surface area (Å²) in [6.07, 6.45) is 4.31. The predicted molar refractivity (Wildman–Crippen MR) is 143 cm³/mol. The van der Waals surface area contributed by atoms with E-state index in [9.17, 15) is 29.4 Å². The number of hydrogen-bond donors (Lipinski definition) is 7. The van der Waals surface area contributed by atoms with Crippen LogP contribution in [0, 0.1) is 0 Å². The number of carboxylic acids is 1. The number of thiol groups is 1. The third-order valence-corrected chi connectivity index (χ3v) is 6.69. The highest BCUT2D eigenvalue weighted by Gasteiger charge is 2.30. The molecule has 35 heavy (non-hydrogen) atoms. The first-order valence-electron chi connectivity index (χ1n) is 10.9. The number of aromatic hydroxyl groups is 1. The Bertz CT molecular complexity index is 843. The van der Waals surface area contributed by atoms with Gasteiger partial charge in [-0.2, -0.15) is 36.2 Å². The quantitative estimate of drug-likeness (QED) is 0.143. The van der Waals surface area contributed by atoms with Gasteiger partial charge >= 0.3 is 5.97 Å². The fourth-order valence-electron chi connectivity index (χ4n) is 2.98. The molecule has 0 aliphatic heterocycles. The Balaban J connectivity index is 2.96. The zero-order chi connectivity index (χ0) is 26.4. The van der Waals surface area contributed by atoms with E-state index in [1.54, 1.807) is 12.1 Å². The van der Waals surface area contributed by atoms with Gasteiger partial charge in [0.1, 0.15) is 23.9 Å². The van der Waals surface area contributed by atoms with Crippen LogP contribution in [0.1, 0.15) is 18.4 Å². The number of nitrogens with two attached hydrogens (primary N) is 1. The first kappa shape index (κ1) is 30.9. The summed E-state index contributed by atoms with van der Waals surface area (Å²) in [6.45, 7) is 0. The normalized spacial score (nSPS) is 14.3. The molecule has 0 bridgehead atoms. The molecule has 0 spiro atoms. The minimum atomic E-state index is -1.24. The molecule has 0 saturated heterocycles. The second kappa shape index (κ2) is 16.6. The van der Waals surface area contributed by atoms with Gasteiger partial charge in [0.05, 0.1) is 6.04 Å². The van der Waals surface area contributed by atoms with Gasteiger partial charge in [-0.25, -0.2) is 4.79 Å². The van der Waals surface area contributed by atoms with E-state index in [1.807, 2.05) is 12.5 Å². The number of benzene rings is 1. The van der Waals surface area contributed by atoms with Crippen LogP contribution in [0.2, 0.25) is 0 Å². The van der Waals surface area contributed by atoms with Crippen molar-refractivity contribution in [2.45, 2.75) is 43.4 Å². The topological polar surface area (TPSA) is 171 Å². The van der Waals surface area contributed by atoms with Crippen molar-refractivity contribution in [2.75, 3.05) is 29.8 Å². The fraction of sp³-hybridized carbons (Fsp3) is 0.545. The highest BCUT2D eigenvalue weighted by atomic mass is 32.2. The minimum absolute atomic E-state index is 0.00142. The Morgan fingerprint density at radius 2 is 1.34 bits per heavy atom. The van der Waals surface area contributed by atoms with E-state index >= 15 is 0 Å². The summed E-state index contributed by atoms with van der Waals surface area (Å²) in [5.74, 6) is -1.66. The highest BCUT2D eigenvalue weighted by Crippen LogP contribution is 2.12. The largest absolute Gasteiger partial charge is 0.508 e. The van der Waals surface area contributed by atoms with Crippen molar-refractivity contribution < 1.29 is 29.4 Å². The number of carboxylic acid groups (broad SMARTS) is 1. The fourth-order valence-corrected chi connectivity index (χ4v) is 4.09. The van der Waals surface area contributed by atoms with Gasteiger partial charge < -0.3 is 31.9 Å². The van der Waals surface area contributed by atoms with Crippen LogP contribution in [0.5, 0.6) is 5.75 Å². The Labute approximate surface area is 219 Å². The van der Waals surface area contributed by atoms with Gasteiger partial charge in [-0.3, -0.25) is 14.4 Å². The van der Waals surface area contributed by atoms with Gasteiger partial charge in [0, 0.05) is 12.2 Å². The van der Waals surface area contributed by atoms with Gasteiger partial charge in [0.25, 0.3) is 0 Å². The molecule has 196 valence electrons. The van der Waals surface area contributed by atoms with E-state index in [-0.39, 0.29) is 24.3 Å². The molecule has 0 aliphatic carbocycles. The van der Waals surface area contributed by atoms with Crippen molar-refractivity contribution in [3.63, 3.8) is 0 Å². The van der Waals surface area contributed by atoms with Gasteiger partial charge in [-0.05, 0) is 54.6 Å². The summed E-state index contributed by atoms with van der Waals surface area (Å²) in [5, 5.41) is 26.8. The molecule has 0 fully saturated rings. The third kappa shape index (κ3) is 11.5. The molecular formula is C22H34N4O6S3. The third-order valence-electron chi connectivity index (χ3n) is 5.01. The first-order chi connectivity index (χ1) is 16.6. The van der Waals surface area contributed by atoms with Crippen molar-refractivity contribution in [2.24, 2.45) is 5.73 Å². The Morgan fingerprint density at radius 1 is 0.886 bits per heavy atom. The molecule has 0 aliphatic rings. The van der Waals surface area contributed by atoms with Crippen molar-refractivity contribution >= 4 is 59.8 Å². The lowest BCUT2D eigenvalue weighted by molar-refractivity contribution is -0.142. The average molecular weight is 547 g/mol. The molecular weight excluding hydrogens is 512 g/mol. The van der Waals surface area contributed by atoms with E-state index in [2.05, 4.69) is 28.6 Å². The number of rotatable bonds is 16. The van der Waals surface area contributed by atoms with Crippen molar-refractivity contribution in [1.82, 2.24) is 16.0 Å². The van der Waals surface area contributed by atoms with Crippen LogP contribution in [0.25, 0.3) is 0 Å². The molecule has 0 saturated carbocycles. The van der Waals surface area contributed by atoms with Crippen LogP contribution in [-0.4, -0.2) is 87.8 Å². The van der Waals surface area contributed by atoms with Crippen LogP contribution in [0.15, 0.2) is 24.3 Å². The maximum Gasteiger partial charge on any atom is 0.326 e. The number of hydrogen-bond acceptors (Lipinski definition) is 9. The van der Waals surface area contributed by atoms with Crippen LogP contribution < -0.4 is 21.7 Å². The number of thioether (sulfide) groups is 2. The highest BCUT2D eigenvalue weighted by molar-refractivity contribution is 7.98. The molecule has 1 aromatic rings. The van der Waals surface area contributed by atoms with Gasteiger partial charge in [-0.1, -0.05) is 12.1 Å². The molecule has 7 N–H and O–H groups in total. The molecule has 0 aromatic heterocycles. The number of aliphatic carboxylic acids is 1. The Hall–Kier alpha value is -2.09. The lowest BCUT2D eigenvalue weighted by Crippen LogP contribution is -2.57. The van der Waals surface area contributed by atoms with Crippen molar-refractivity contribution in [3.05, 3.63) is 29.8 Å². The SMILES string of the molecule is CSCCC(NC(=O)C(N)CS)C(=O)NC(CCSC)C(=O)NC(Cc1ccc(O)cc1)C(=O)O. The van der Waals surface area contributed by atoms with Crippen LogP contribution >= 0.6 is 36.2 Å². The van der Waals surface area contributed by atoms with Crippen LogP contribution in [0.3, 0.4) is 0 Å². The molecule has 10 nitrogen and oxygen atoms in total. The summed E-state index contributed by atoms with van der Waals surface area (Å²) in [6, 6.07) is 1.98. The van der Waals surface area contributed by atoms with Gasteiger partial charge in [0.2, 0.25) is 17.7 Å². The van der Waals surface area contributed by atoms with E-state index in [0.29, 0.717) is 23.5 Å². The molecule has 1 aromatic carbocycles. The summed E-state index contributed by atoms with van der Waals surface area (Å²) < 4.78 is 0. The number of amides is 3. The number of carbonyl (C=O) groups excluding carboxylic acids is 3. The monoisotopic (exact) mass is 546 g/mol. The maximum atomic E-state index is 13.0. The predicted octanol–water partition coefficient (Wildman–Crippen LogP) is 0.237. The average Bonchev–Trinajstić information content (AvgIpc) is 2.83. The van der Waals surface area contributed by atoms with E-state index < -0.39 is 47.9 Å². The number of carbonyl (C=O) groups is 4. The molecule has 1 rings (SSSR count). The summed E-state index contributed by atoms with van der Waals surface area (Å²) >= 11 is 6.98. The van der Waals surface area contributed by atoms with Crippen molar-refractivity contribution in [1.29, 1.82) is 0 Å². The van der Waals surface area contributed by atoms with Crippen molar-refractivity contribution in [3.8, 4) is 5.75 Å². The zero-order valence-electron chi connectivity index (χ0n) is 19.7. The molecule has 4 unspecified atom stereocenters. The summed E-state index contributed by atoms with van der Waals surface area (Å²) in [5.41, 5.74) is 6.31.